The number of rotatable bonds is 2. The molecule has 1 aromatic rings. The van der Waals surface area contributed by atoms with Crippen molar-refractivity contribution < 1.29 is 0 Å². The van der Waals surface area contributed by atoms with Crippen LogP contribution in [0.2, 0.25) is 5.02 Å². The standard InChI is InChI=1S/C15H21ClN4/c1-10-8-19-6-2-3-12(19)9-20(10)14-7-11(16)4-5-13(14)15(17)18/h4-5,7,10,12H,2-3,6,8-9H2,1H3,(H3,17,18). The molecule has 4 nitrogen and oxygen atoms in total. The fraction of sp³-hybridized carbons (Fsp3) is 0.533. The van der Waals surface area contributed by atoms with Crippen molar-refractivity contribution in [3.63, 3.8) is 0 Å². The maximum Gasteiger partial charge on any atom is 0.124 e. The van der Waals surface area contributed by atoms with Crippen LogP contribution in [0.4, 0.5) is 5.69 Å². The molecule has 108 valence electrons. The Hall–Kier alpha value is -1.26. The fourth-order valence-corrected chi connectivity index (χ4v) is 3.66. The van der Waals surface area contributed by atoms with Crippen LogP contribution in [0, 0.1) is 5.41 Å². The molecule has 0 aliphatic carbocycles. The fourth-order valence-electron chi connectivity index (χ4n) is 3.49. The molecular weight excluding hydrogens is 272 g/mol. The highest BCUT2D eigenvalue weighted by Crippen LogP contribution is 2.32. The maximum atomic E-state index is 7.78. The van der Waals surface area contributed by atoms with E-state index in [0.717, 1.165) is 24.3 Å². The maximum absolute atomic E-state index is 7.78. The molecule has 2 fully saturated rings. The van der Waals surface area contributed by atoms with E-state index < -0.39 is 0 Å². The smallest absolute Gasteiger partial charge is 0.124 e. The number of nitrogens with two attached hydrogens (primary N) is 1. The summed E-state index contributed by atoms with van der Waals surface area (Å²) in [6, 6.07) is 6.65. The monoisotopic (exact) mass is 292 g/mol. The summed E-state index contributed by atoms with van der Waals surface area (Å²) < 4.78 is 0. The van der Waals surface area contributed by atoms with Crippen LogP contribution < -0.4 is 10.6 Å². The summed E-state index contributed by atoms with van der Waals surface area (Å²) in [6.45, 7) is 5.54. The number of anilines is 1. The van der Waals surface area contributed by atoms with Gasteiger partial charge < -0.3 is 10.6 Å². The normalized spacial score (nSPS) is 26.6. The second kappa shape index (κ2) is 5.26. The number of hydrogen-bond donors (Lipinski definition) is 2. The molecule has 0 bridgehead atoms. The topological polar surface area (TPSA) is 56.4 Å². The molecule has 5 heteroatoms. The minimum atomic E-state index is 0.109. The number of fused-ring (bicyclic) bond motifs is 1. The number of nitrogen functional groups attached to an aromatic ring is 1. The van der Waals surface area contributed by atoms with Gasteiger partial charge in [-0.2, -0.15) is 0 Å². The molecule has 2 aliphatic heterocycles. The first-order valence-corrected chi connectivity index (χ1v) is 7.58. The quantitative estimate of drug-likeness (QED) is 0.649. The first kappa shape index (κ1) is 13.7. The van der Waals surface area contributed by atoms with Gasteiger partial charge in [0.1, 0.15) is 5.84 Å². The van der Waals surface area contributed by atoms with E-state index in [-0.39, 0.29) is 5.84 Å². The van der Waals surface area contributed by atoms with Crippen LogP contribution in [0.1, 0.15) is 25.3 Å². The summed E-state index contributed by atoms with van der Waals surface area (Å²) in [6.07, 6.45) is 2.56. The Morgan fingerprint density at radius 1 is 1.40 bits per heavy atom. The third-order valence-corrected chi connectivity index (χ3v) is 4.73. The van der Waals surface area contributed by atoms with E-state index in [9.17, 15) is 0 Å². The highest BCUT2D eigenvalue weighted by molar-refractivity contribution is 6.31. The number of benzene rings is 1. The molecule has 2 heterocycles. The van der Waals surface area contributed by atoms with Gasteiger partial charge in [-0.15, -0.1) is 0 Å². The number of halogens is 1. The first-order valence-electron chi connectivity index (χ1n) is 7.21. The van der Waals surface area contributed by atoms with Crippen molar-refractivity contribution in [2.45, 2.75) is 31.8 Å². The van der Waals surface area contributed by atoms with Gasteiger partial charge in [0.05, 0.1) is 0 Å². The lowest BCUT2D eigenvalue weighted by Gasteiger charge is -2.44. The highest BCUT2D eigenvalue weighted by atomic mass is 35.5. The predicted molar refractivity (Wildman–Crippen MR) is 83.9 cm³/mol. The van der Waals surface area contributed by atoms with Gasteiger partial charge in [-0.05, 0) is 44.5 Å². The molecule has 0 aromatic heterocycles. The molecule has 0 saturated carbocycles. The van der Waals surface area contributed by atoms with Gasteiger partial charge in [0.15, 0.2) is 0 Å². The number of nitrogens with one attached hydrogen (secondary N) is 1. The van der Waals surface area contributed by atoms with Crippen LogP contribution >= 0.6 is 11.6 Å². The molecule has 2 unspecified atom stereocenters. The molecule has 20 heavy (non-hydrogen) atoms. The SMILES string of the molecule is CC1CN2CCCC2CN1c1cc(Cl)ccc1C(=N)N. The van der Waals surface area contributed by atoms with Crippen molar-refractivity contribution >= 4 is 23.1 Å². The average molecular weight is 293 g/mol. The summed E-state index contributed by atoms with van der Waals surface area (Å²) in [7, 11) is 0. The zero-order chi connectivity index (χ0) is 14.3. The zero-order valence-corrected chi connectivity index (χ0v) is 12.5. The lowest BCUT2D eigenvalue weighted by molar-refractivity contribution is 0.203. The van der Waals surface area contributed by atoms with Gasteiger partial charge in [0.2, 0.25) is 0 Å². The Bertz CT molecular complexity index is 531. The van der Waals surface area contributed by atoms with Crippen LogP contribution in [0.5, 0.6) is 0 Å². The van der Waals surface area contributed by atoms with Crippen molar-refractivity contribution in [3.8, 4) is 0 Å². The van der Waals surface area contributed by atoms with E-state index in [4.69, 9.17) is 22.7 Å². The number of amidine groups is 1. The first-order chi connectivity index (χ1) is 9.56. The van der Waals surface area contributed by atoms with E-state index >= 15 is 0 Å². The lowest BCUT2D eigenvalue weighted by Crippen LogP contribution is -2.55. The Balaban J connectivity index is 1.95. The molecule has 2 saturated heterocycles. The van der Waals surface area contributed by atoms with E-state index in [0.29, 0.717) is 17.1 Å². The van der Waals surface area contributed by atoms with Gasteiger partial charge in [-0.3, -0.25) is 10.3 Å². The van der Waals surface area contributed by atoms with Crippen molar-refractivity contribution in [3.05, 3.63) is 28.8 Å². The van der Waals surface area contributed by atoms with E-state index in [1.807, 2.05) is 12.1 Å². The van der Waals surface area contributed by atoms with Gasteiger partial charge in [-0.25, -0.2) is 0 Å². The van der Waals surface area contributed by atoms with E-state index in [1.165, 1.54) is 19.4 Å². The summed E-state index contributed by atoms with van der Waals surface area (Å²) >= 11 is 6.15. The van der Waals surface area contributed by atoms with Crippen LogP contribution in [0.25, 0.3) is 0 Å². The van der Waals surface area contributed by atoms with Crippen molar-refractivity contribution in [2.75, 3.05) is 24.5 Å². The third kappa shape index (κ3) is 2.38. The lowest BCUT2D eigenvalue weighted by atomic mass is 10.0. The zero-order valence-electron chi connectivity index (χ0n) is 11.8. The van der Waals surface area contributed by atoms with Crippen LogP contribution in [0.3, 0.4) is 0 Å². The second-order valence-electron chi connectivity index (χ2n) is 5.87. The molecular formula is C15H21ClN4. The molecule has 1 aromatic carbocycles. The average Bonchev–Trinajstić information content (AvgIpc) is 2.84. The minimum absolute atomic E-state index is 0.109. The largest absolute Gasteiger partial charge is 0.384 e. The van der Waals surface area contributed by atoms with E-state index in [1.54, 1.807) is 6.07 Å². The van der Waals surface area contributed by atoms with Crippen LogP contribution in [-0.2, 0) is 0 Å². The molecule has 2 aliphatic rings. The molecule has 0 radical (unpaired) electrons. The predicted octanol–water partition coefficient (Wildman–Crippen LogP) is 2.30. The highest BCUT2D eigenvalue weighted by Gasteiger charge is 2.35. The van der Waals surface area contributed by atoms with Gasteiger partial charge >= 0.3 is 0 Å². The van der Waals surface area contributed by atoms with Crippen LogP contribution in [0.15, 0.2) is 18.2 Å². The van der Waals surface area contributed by atoms with Crippen LogP contribution in [-0.4, -0.2) is 42.5 Å². The Morgan fingerprint density at radius 3 is 2.95 bits per heavy atom. The molecule has 0 spiro atoms. The molecule has 3 N–H and O–H groups in total. The van der Waals surface area contributed by atoms with Crippen molar-refractivity contribution in [2.24, 2.45) is 5.73 Å². The van der Waals surface area contributed by atoms with Gasteiger partial charge in [0.25, 0.3) is 0 Å². The third-order valence-electron chi connectivity index (χ3n) is 4.50. The summed E-state index contributed by atoms with van der Waals surface area (Å²) in [5.74, 6) is 0.109. The number of piperazine rings is 1. The number of hydrogen-bond acceptors (Lipinski definition) is 3. The van der Waals surface area contributed by atoms with Crippen molar-refractivity contribution in [1.29, 1.82) is 5.41 Å². The molecule has 0 amide bonds. The summed E-state index contributed by atoms with van der Waals surface area (Å²) in [4.78, 5) is 4.95. The minimum Gasteiger partial charge on any atom is -0.384 e. The Kier molecular flexibility index (Phi) is 3.61. The summed E-state index contributed by atoms with van der Waals surface area (Å²) in [5, 5.41) is 8.48. The second-order valence-corrected chi connectivity index (χ2v) is 6.30. The van der Waals surface area contributed by atoms with Gasteiger partial charge in [0, 0.05) is 41.4 Å². The molecule has 3 rings (SSSR count). The van der Waals surface area contributed by atoms with E-state index in [2.05, 4.69) is 16.7 Å². The summed E-state index contributed by atoms with van der Waals surface area (Å²) in [5.41, 5.74) is 7.52. The van der Waals surface area contributed by atoms with Gasteiger partial charge in [-0.1, -0.05) is 11.6 Å². The number of nitrogens with zero attached hydrogens (tertiary/aromatic N) is 2. The molecule has 2 atom stereocenters. The van der Waals surface area contributed by atoms with Crippen molar-refractivity contribution in [1.82, 2.24) is 4.90 Å². The Labute approximate surface area is 125 Å². The Morgan fingerprint density at radius 2 is 2.20 bits per heavy atom.